The molecule has 1 aromatic carbocycles. The van der Waals surface area contributed by atoms with Gasteiger partial charge in [0.25, 0.3) is 0 Å². The first kappa shape index (κ1) is 13.2. The molecule has 1 atom stereocenters. The lowest BCUT2D eigenvalue weighted by Gasteiger charge is -2.12. The normalized spacial score (nSPS) is 13.0. The number of aromatic nitrogens is 2. The maximum Gasteiger partial charge on any atom is 0.133 e. The molecule has 2 aromatic rings. The third-order valence-corrected chi connectivity index (χ3v) is 3.34. The fourth-order valence-corrected chi connectivity index (χ4v) is 2.00. The summed E-state index contributed by atoms with van der Waals surface area (Å²) in [6.45, 7) is 4.04. The van der Waals surface area contributed by atoms with Gasteiger partial charge in [-0.05, 0) is 24.1 Å². The highest BCUT2D eigenvalue weighted by Gasteiger charge is 2.15. The smallest absolute Gasteiger partial charge is 0.133 e. The fourth-order valence-electron chi connectivity index (χ4n) is 1.67. The van der Waals surface area contributed by atoms with E-state index in [-0.39, 0.29) is 17.8 Å². The quantitative estimate of drug-likeness (QED) is 0.909. The minimum atomic E-state index is -0.294. The summed E-state index contributed by atoms with van der Waals surface area (Å²) in [4.78, 5) is 7.30. The highest BCUT2D eigenvalue weighted by Crippen LogP contribution is 2.25. The van der Waals surface area contributed by atoms with Crippen molar-refractivity contribution in [1.29, 1.82) is 0 Å². The first-order valence-electron chi connectivity index (χ1n) is 5.75. The van der Waals surface area contributed by atoms with E-state index in [0.717, 1.165) is 0 Å². The van der Waals surface area contributed by atoms with Gasteiger partial charge >= 0.3 is 0 Å². The molecule has 0 aliphatic carbocycles. The Morgan fingerprint density at radius 2 is 2.11 bits per heavy atom. The van der Waals surface area contributed by atoms with Crippen LogP contribution in [0.1, 0.15) is 25.7 Å². The molecule has 0 saturated heterocycles. The summed E-state index contributed by atoms with van der Waals surface area (Å²) in [5.41, 5.74) is 7.13. The molecule has 0 saturated carbocycles. The van der Waals surface area contributed by atoms with Gasteiger partial charge in [-0.15, -0.1) is 0 Å². The van der Waals surface area contributed by atoms with Crippen molar-refractivity contribution in [3.05, 3.63) is 40.5 Å². The zero-order chi connectivity index (χ0) is 13.3. The van der Waals surface area contributed by atoms with E-state index in [9.17, 15) is 4.39 Å². The Morgan fingerprint density at radius 3 is 2.72 bits per heavy atom. The molecule has 0 radical (unpaired) electrons. The monoisotopic (exact) mass is 311 g/mol. The lowest BCUT2D eigenvalue weighted by molar-refractivity contribution is 0.494. The second-order valence-electron chi connectivity index (χ2n) is 4.58. The summed E-state index contributed by atoms with van der Waals surface area (Å²) >= 11 is 3.23. The number of imidazole rings is 1. The van der Waals surface area contributed by atoms with Gasteiger partial charge in [0.05, 0.1) is 17.9 Å². The van der Waals surface area contributed by atoms with Crippen LogP contribution in [0.15, 0.2) is 28.9 Å². The number of aromatic amines is 1. The molecule has 1 aromatic heterocycles. The van der Waals surface area contributed by atoms with Crippen molar-refractivity contribution in [2.24, 2.45) is 11.7 Å². The fraction of sp³-hybridized carbons (Fsp3) is 0.308. The van der Waals surface area contributed by atoms with Crippen LogP contribution in [-0.4, -0.2) is 9.97 Å². The van der Waals surface area contributed by atoms with E-state index in [1.807, 2.05) is 13.8 Å². The molecule has 3 N–H and O–H groups in total. The summed E-state index contributed by atoms with van der Waals surface area (Å²) in [6, 6.07) is 4.76. The number of halogens is 2. The highest BCUT2D eigenvalue weighted by molar-refractivity contribution is 9.10. The average molecular weight is 312 g/mol. The van der Waals surface area contributed by atoms with Crippen molar-refractivity contribution in [3.8, 4) is 11.3 Å². The Kier molecular flexibility index (Phi) is 3.82. The Balaban J connectivity index is 2.35. The van der Waals surface area contributed by atoms with Crippen LogP contribution in [0.3, 0.4) is 0 Å². The minimum absolute atomic E-state index is 0.169. The number of rotatable bonds is 3. The third-order valence-electron chi connectivity index (χ3n) is 2.85. The predicted octanol–water partition coefficient (Wildman–Crippen LogP) is 3.63. The zero-order valence-electron chi connectivity index (χ0n) is 10.2. The van der Waals surface area contributed by atoms with Crippen LogP contribution in [0, 0.1) is 11.7 Å². The Morgan fingerprint density at radius 1 is 1.39 bits per heavy atom. The van der Waals surface area contributed by atoms with Crippen LogP contribution in [0.25, 0.3) is 11.3 Å². The number of hydrogen-bond acceptors (Lipinski definition) is 2. The van der Waals surface area contributed by atoms with Gasteiger partial charge in [-0.1, -0.05) is 29.8 Å². The van der Waals surface area contributed by atoms with E-state index in [1.165, 1.54) is 6.07 Å². The van der Waals surface area contributed by atoms with Gasteiger partial charge in [-0.25, -0.2) is 9.37 Å². The van der Waals surface area contributed by atoms with Gasteiger partial charge in [-0.3, -0.25) is 0 Å². The molecule has 0 spiro atoms. The van der Waals surface area contributed by atoms with Crippen LogP contribution in [-0.2, 0) is 0 Å². The predicted molar refractivity (Wildman–Crippen MR) is 73.4 cm³/mol. The molecule has 5 heteroatoms. The Bertz CT molecular complexity index is 551. The molecular formula is C13H15BrFN3. The highest BCUT2D eigenvalue weighted by atomic mass is 79.9. The molecule has 3 nitrogen and oxygen atoms in total. The molecule has 0 amide bonds. The number of hydrogen-bond donors (Lipinski definition) is 2. The average Bonchev–Trinajstić information content (AvgIpc) is 2.77. The number of H-pyrrole nitrogens is 1. The van der Waals surface area contributed by atoms with Gasteiger partial charge < -0.3 is 10.7 Å². The lowest BCUT2D eigenvalue weighted by atomic mass is 10.1. The Hall–Kier alpha value is -1.20. The first-order valence-corrected chi connectivity index (χ1v) is 6.54. The van der Waals surface area contributed by atoms with E-state index in [2.05, 4.69) is 25.9 Å². The zero-order valence-corrected chi connectivity index (χ0v) is 11.8. The van der Waals surface area contributed by atoms with Crippen LogP contribution in [0.5, 0.6) is 0 Å². The largest absolute Gasteiger partial charge is 0.341 e. The third kappa shape index (κ3) is 2.62. The number of nitrogens with two attached hydrogens (primary N) is 1. The maximum absolute atomic E-state index is 13.8. The van der Waals surface area contributed by atoms with Crippen molar-refractivity contribution in [2.45, 2.75) is 19.9 Å². The molecular weight excluding hydrogens is 297 g/mol. The van der Waals surface area contributed by atoms with E-state index in [1.54, 1.807) is 18.3 Å². The van der Waals surface area contributed by atoms with Gasteiger partial charge in [0.2, 0.25) is 0 Å². The van der Waals surface area contributed by atoms with Crippen molar-refractivity contribution in [2.75, 3.05) is 0 Å². The molecule has 0 fully saturated rings. The standard InChI is InChI=1S/C13H15BrFN3/c1-7(2)12(16)13-17-6-11(18-13)9-4-3-8(14)5-10(9)15/h3-7,12H,16H2,1-2H3,(H,17,18). The molecule has 96 valence electrons. The van der Waals surface area contributed by atoms with Gasteiger partial charge in [0.15, 0.2) is 0 Å². The Labute approximate surface area is 114 Å². The van der Waals surface area contributed by atoms with Crippen LogP contribution in [0.2, 0.25) is 0 Å². The first-order chi connectivity index (χ1) is 8.49. The number of nitrogens with one attached hydrogen (secondary N) is 1. The van der Waals surface area contributed by atoms with Gasteiger partial charge in [0, 0.05) is 10.0 Å². The molecule has 18 heavy (non-hydrogen) atoms. The van der Waals surface area contributed by atoms with Crippen molar-refractivity contribution >= 4 is 15.9 Å². The van der Waals surface area contributed by atoms with Crippen molar-refractivity contribution in [3.63, 3.8) is 0 Å². The number of nitrogens with zero attached hydrogens (tertiary/aromatic N) is 1. The second kappa shape index (κ2) is 5.20. The maximum atomic E-state index is 13.8. The summed E-state index contributed by atoms with van der Waals surface area (Å²) < 4.78 is 14.5. The molecule has 0 aliphatic rings. The molecule has 0 aliphatic heterocycles. The van der Waals surface area contributed by atoms with E-state index < -0.39 is 0 Å². The molecule has 1 heterocycles. The number of benzene rings is 1. The van der Waals surface area contributed by atoms with Crippen LogP contribution < -0.4 is 5.73 Å². The SMILES string of the molecule is CC(C)C(N)c1ncc(-c2ccc(Br)cc2F)[nH]1. The van der Waals surface area contributed by atoms with Crippen molar-refractivity contribution in [1.82, 2.24) is 9.97 Å². The summed E-state index contributed by atoms with van der Waals surface area (Å²) in [5, 5.41) is 0. The summed E-state index contributed by atoms with van der Waals surface area (Å²) in [5.74, 6) is 0.666. The van der Waals surface area contributed by atoms with Crippen LogP contribution in [0.4, 0.5) is 4.39 Å². The minimum Gasteiger partial charge on any atom is -0.341 e. The van der Waals surface area contributed by atoms with E-state index in [0.29, 0.717) is 21.6 Å². The molecule has 2 rings (SSSR count). The van der Waals surface area contributed by atoms with Gasteiger partial charge in [0.1, 0.15) is 11.6 Å². The van der Waals surface area contributed by atoms with E-state index >= 15 is 0 Å². The second-order valence-corrected chi connectivity index (χ2v) is 5.49. The van der Waals surface area contributed by atoms with Crippen molar-refractivity contribution < 1.29 is 4.39 Å². The van der Waals surface area contributed by atoms with E-state index in [4.69, 9.17) is 5.73 Å². The van der Waals surface area contributed by atoms with Crippen LogP contribution >= 0.6 is 15.9 Å². The van der Waals surface area contributed by atoms with Gasteiger partial charge in [-0.2, -0.15) is 0 Å². The lowest BCUT2D eigenvalue weighted by Crippen LogP contribution is -2.18. The molecule has 1 unspecified atom stereocenters. The summed E-state index contributed by atoms with van der Waals surface area (Å²) in [7, 11) is 0. The molecule has 0 bridgehead atoms. The summed E-state index contributed by atoms with van der Waals surface area (Å²) in [6.07, 6.45) is 1.61. The topological polar surface area (TPSA) is 54.7 Å².